The van der Waals surface area contributed by atoms with Crippen molar-refractivity contribution in [3.05, 3.63) is 88.4 Å². The molecule has 0 bridgehead atoms. The second-order valence-electron chi connectivity index (χ2n) is 6.96. The van der Waals surface area contributed by atoms with Gasteiger partial charge in [-0.1, -0.05) is 29.8 Å². The van der Waals surface area contributed by atoms with Gasteiger partial charge in [0.1, 0.15) is 30.5 Å². The number of aryl methyl sites for hydroxylation is 2. The summed E-state index contributed by atoms with van der Waals surface area (Å²) in [7, 11) is 0. The van der Waals surface area contributed by atoms with Crippen LogP contribution in [0.1, 0.15) is 21.5 Å². The Labute approximate surface area is 191 Å². The molecule has 0 saturated heterocycles. The zero-order chi connectivity index (χ0) is 22.9. The van der Waals surface area contributed by atoms with E-state index in [-0.39, 0.29) is 19.8 Å². The summed E-state index contributed by atoms with van der Waals surface area (Å²) in [6.07, 6.45) is 0. The van der Waals surface area contributed by atoms with E-state index in [1.54, 1.807) is 12.1 Å². The fourth-order valence-electron chi connectivity index (χ4n) is 2.85. The first-order chi connectivity index (χ1) is 15.4. The van der Waals surface area contributed by atoms with Gasteiger partial charge in [0.05, 0.1) is 5.56 Å². The summed E-state index contributed by atoms with van der Waals surface area (Å²) >= 11 is 6.13. The van der Waals surface area contributed by atoms with E-state index in [1.165, 1.54) is 24.3 Å². The molecule has 0 amide bonds. The van der Waals surface area contributed by atoms with Gasteiger partial charge in [0.25, 0.3) is 0 Å². The second kappa shape index (κ2) is 11.2. The van der Waals surface area contributed by atoms with Crippen molar-refractivity contribution in [2.75, 3.05) is 19.8 Å². The molecule has 0 fully saturated rings. The minimum absolute atomic E-state index is 0.117. The molecule has 7 heteroatoms. The lowest BCUT2D eigenvalue weighted by Gasteiger charge is -2.10. The molecule has 3 aromatic rings. The van der Waals surface area contributed by atoms with Gasteiger partial charge in [-0.2, -0.15) is 0 Å². The van der Waals surface area contributed by atoms with E-state index < -0.39 is 11.9 Å². The molecule has 0 aromatic heterocycles. The van der Waals surface area contributed by atoms with Gasteiger partial charge < -0.3 is 18.9 Å². The first-order valence-corrected chi connectivity index (χ1v) is 10.4. The van der Waals surface area contributed by atoms with Crippen LogP contribution in [0.5, 0.6) is 17.2 Å². The quantitative estimate of drug-likeness (QED) is 0.252. The van der Waals surface area contributed by atoms with Gasteiger partial charge in [0.2, 0.25) is 0 Å². The smallest absolute Gasteiger partial charge is 0.349 e. The lowest BCUT2D eigenvalue weighted by Crippen LogP contribution is -2.18. The number of ether oxygens (including phenoxy) is 4. The van der Waals surface area contributed by atoms with Crippen LogP contribution in [0.3, 0.4) is 0 Å². The Morgan fingerprint density at radius 2 is 1.44 bits per heavy atom. The Kier molecular flexibility index (Phi) is 8.11. The third kappa shape index (κ3) is 6.75. The number of benzene rings is 3. The monoisotopic (exact) mass is 454 g/mol. The number of rotatable bonds is 9. The summed E-state index contributed by atoms with van der Waals surface area (Å²) in [5, 5.41) is 0.669. The Bertz CT molecular complexity index is 1040. The van der Waals surface area contributed by atoms with E-state index in [9.17, 15) is 9.59 Å². The molecule has 0 radical (unpaired) electrons. The van der Waals surface area contributed by atoms with Gasteiger partial charge in [0.15, 0.2) is 6.61 Å². The molecule has 166 valence electrons. The molecule has 32 heavy (non-hydrogen) atoms. The van der Waals surface area contributed by atoms with Crippen LogP contribution in [-0.2, 0) is 9.53 Å². The van der Waals surface area contributed by atoms with Crippen molar-refractivity contribution in [1.82, 2.24) is 0 Å². The SMILES string of the molecule is Cc1cc(OCC(=O)Oc2ccc(C(=O)OCCOc3ccccc3)cc2)cc(C)c1Cl. The highest BCUT2D eigenvalue weighted by Crippen LogP contribution is 2.26. The molecule has 3 rings (SSSR count). The molecule has 0 atom stereocenters. The molecule has 0 saturated carbocycles. The molecule has 3 aromatic carbocycles. The predicted octanol–water partition coefficient (Wildman–Crippen LogP) is 5.18. The Balaban J connectivity index is 1.42. The number of esters is 2. The molecular weight excluding hydrogens is 432 g/mol. The molecule has 0 spiro atoms. The van der Waals surface area contributed by atoms with Crippen LogP contribution in [0, 0.1) is 13.8 Å². The summed E-state index contributed by atoms with van der Waals surface area (Å²) in [5.74, 6) is 0.488. The van der Waals surface area contributed by atoms with Crippen LogP contribution in [0.2, 0.25) is 5.02 Å². The van der Waals surface area contributed by atoms with Crippen molar-refractivity contribution in [1.29, 1.82) is 0 Å². The number of carbonyl (C=O) groups excluding carboxylic acids is 2. The van der Waals surface area contributed by atoms with Gasteiger partial charge >= 0.3 is 11.9 Å². The van der Waals surface area contributed by atoms with Crippen LogP contribution in [-0.4, -0.2) is 31.8 Å². The molecule has 0 aliphatic rings. The van der Waals surface area contributed by atoms with Crippen LogP contribution in [0.25, 0.3) is 0 Å². The minimum atomic E-state index is -0.566. The average molecular weight is 455 g/mol. The van der Waals surface area contributed by atoms with Crippen molar-refractivity contribution in [3.8, 4) is 17.2 Å². The molecule has 0 unspecified atom stereocenters. The highest BCUT2D eigenvalue weighted by molar-refractivity contribution is 6.32. The van der Waals surface area contributed by atoms with Crippen molar-refractivity contribution in [3.63, 3.8) is 0 Å². The number of hydrogen-bond donors (Lipinski definition) is 0. The number of hydrogen-bond acceptors (Lipinski definition) is 6. The molecule has 0 aliphatic carbocycles. The zero-order valence-electron chi connectivity index (χ0n) is 17.8. The maximum absolute atomic E-state index is 12.1. The van der Waals surface area contributed by atoms with Crippen LogP contribution in [0.15, 0.2) is 66.7 Å². The first kappa shape index (κ1) is 23.2. The van der Waals surface area contributed by atoms with Gasteiger partial charge in [-0.25, -0.2) is 9.59 Å². The molecular formula is C25H23ClO6. The zero-order valence-corrected chi connectivity index (χ0v) is 18.6. The van der Waals surface area contributed by atoms with Crippen LogP contribution >= 0.6 is 11.6 Å². The summed E-state index contributed by atoms with van der Waals surface area (Å²) in [6.45, 7) is 3.84. The maximum atomic E-state index is 12.1. The van der Waals surface area contributed by atoms with Gasteiger partial charge in [-0.3, -0.25) is 0 Å². The third-order valence-electron chi connectivity index (χ3n) is 4.42. The van der Waals surface area contributed by atoms with E-state index in [1.807, 2.05) is 44.2 Å². The number of para-hydroxylation sites is 1. The highest BCUT2D eigenvalue weighted by Gasteiger charge is 2.11. The second-order valence-corrected chi connectivity index (χ2v) is 7.33. The van der Waals surface area contributed by atoms with Crippen LogP contribution in [0.4, 0.5) is 0 Å². The molecule has 0 N–H and O–H groups in total. The van der Waals surface area contributed by atoms with Crippen molar-refractivity contribution < 1.29 is 28.5 Å². The van der Waals surface area contributed by atoms with Crippen molar-refractivity contribution >= 4 is 23.5 Å². The van der Waals surface area contributed by atoms with E-state index in [0.29, 0.717) is 27.8 Å². The largest absolute Gasteiger partial charge is 0.490 e. The topological polar surface area (TPSA) is 71.1 Å². The first-order valence-electron chi connectivity index (χ1n) is 9.97. The average Bonchev–Trinajstić information content (AvgIpc) is 2.80. The molecule has 0 aliphatic heterocycles. The van der Waals surface area contributed by atoms with Gasteiger partial charge in [-0.05, 0) is 73.5 Å². The summed E-state index contributed by atoms with van der Waals surface area (Å²) in [5.41, 5.74) is 2.07. The van der Waals surface area contributed by atoms with Gasteiger partial charge in [0, 0.05) is 5.02 Å². The number of carbonyl (C=O) groups is 2. The summed E-state index contributed by atoms with van der Waals surface area (Å²) in [6, 6.07) is 18.9. The minimum Gasteiger partial charge on any atom is -0.490 e. The summed E-state index contributed by atoms with van der Waals surface area (Å²) < 4.78 is 21.4. The predicted molar refractivity (Wildman–Crippen MR) is 121 cm³/mol. The molecule has 0 heterocycles. The van der Waals surface area contributed by atoms with Crippen LogP contribution < -0.4 is 14.2 Å². The fraction of sp³-hybridized carbons (Fsp3) is 0.200. The van der Waals surface area contributed by atoms with E-state index in [2.05, 4.69) is 0 Å². The molecule has 6 nitrogen and oxygen atoms in total. The number of halogens is 1. The summed E-state index contributed by atoms with van der Waals surface area (Å²) in [4.78, 5) is 24.2. The third-order valence-corrected chi connectivity index (χ3v) is 5.01. The lowest BCUT2D eigenvalue weighted by molar-refractivity contribution is -0.136. The maximum Gasteiger partial charge on any atom is 0.349 e. The standard InChI is InChI=1S/C25H23ClO6/c1-17-14-22(15-18(2)24(17)26)31-16-23(27)32-21-10-8-19(9-11-21)25(28)30-13-12-29-20-6-4-3-5-7-20/h3-11,14-15H,12-13,16H2,1-2H3. The Morgan fingerprint density at radius 1 is 0.781 bits per heavy atom. The highest BCUT2D eigenvalue weighted by atomic mass is 35.5. The van der Waals surface area contributed by atoms with E-state index in [4.69, 9.17) is 30.5 Å². The van der Waals surface area contributed by atoms with Crippen molar-refractivity contribution in [2.24, 2.45) is 0 Å². The van der Waals surface area contributed by atoms with Crippen molar-refractivity contribution in [2.45, 2.75) is 13.8 Å². The Hall–Kier alpha value is -3.51. The van der Waals surface area contributed by atoms with E-state index >= 15 is 0 Å². The van der Waals surface area contributed by atoms with Gasteiger partial charge in [-0.15, -0.1) is 0 Å². The van der Waals surface area contributed by atoms with E-state index in [0.717, 1.165) is 11.1 Å². The lowest BCUT2D eigenvalue weighted by atomic mass is 10.1. The fourth-order valence-corrected chi connectivity index (χ4v) is 2.95. The normalized spacial score (nSPS) is 10.3. The Morgan fingerprint density at radius 3 is 2.09 bits per heavy atom.